The molecule has 1 aromatic heterocycles. The third-order valence-electron chi connectivity index (χ3n) is 1.94. The summed E-state index contributed by atoms with van der Waals surface area (Å²) in [6, 6.07) is 1.90. The fourth-order valence-electron chi connectivity index (χ4n) is 1.24. The van der Waals surface area contributed by atoms with Gasteiger partial charge in [0, 0.05) is 18.3 Å². The number of aromatic nitrogens is 1. The molecule has 3 nitrogen and oxygen atoms in total. The van der Waals surface area contributed by atoms with Gasteiger partial charge in [0.15, 0.2) is 0 Å². The molecular weight excluding hydrogens is 152 g/mol. The number of rotatable bonds is 2. The fraction of sp³-hybridized carbons (Fsp3) is 0.444. The summed E-state index contributed by atoms with van der Waals surface area (Å²) < 4.78 is 5.02. The third-order valence-corrected chi connectivity index (χ3v) is 1.94. The first kappa shape index (κ1) is 9.00. The third kappa shape index (κ3) is 1.56. The van der Waals surface area contributed by atoms with Crippen LogP contribution >= 0.6 is 0 Å². The zero-order chi connectivity index (χ0) is 9.14. The molecule has 0 fully saturated rings. The topological polar surface area (TPSA) is 48.1 Å². The number of nitrogens with zero attached hydrogens (tertiary/aromatic N) is 1. The maximum Gasteiger partial charge on any atom is 0.213 e. The Kier molecular flexibility index (Phi) is 2.65. The van der Waals surface area contributed by atoms with Crippen molar-refractivity contribution in [2.75, 3.05) is 7.11 Å². The van der Waals surface area contributed by atoms with Gasteiger partial charge >= 0.3 is 0 Å². The van der Waals surface area contributed by atoms with Gasteiger partial charge in [0.1, 0.15) is 0 Å². The lowest BCUT2D eigenvalue weighted by Crippen LogP contribution is -2.04. The number of methoxy groups -OCH3 is 1. The molecule has 0 amide bonds. The number of aryl methyl sites for hydroxylation is 2. The highest BCUT2D eigenvalue weighted by atomic mass is 16.5. The first-order chi connectivity index (χ1) is 5.69. The van der Waals surface area contributed by atoms with Crippen molar-refractivity contribution >= 4 is 0 Å². The van der Waals surface area contributed by atoms with Crippen LogP contribution in [0.2, 0.25) is 0 Å². The molecule has 0 spiro atoms. The van der Waals surface area contributed by atoms with Crippen LogP contribution < -0.4 is 10.5 Å². The van der Waals surface area contributed by atoms with Gasteiger partial charge in [-0.1, -0.05) is 0 Å². The lowest BCUT2D eigenvalue weighted by Gasteiger charge is -2.08. The minimum atomic E-state index is 0.536. The molecule has 1 heterocycles. The highest BCUT2D eigenvalue weighted by molar-refractivity contribution is 5.33. The molecule has 0 saturated carbocycles. The molecule has 0 aliphatic carbocycles. The van der Waals surface area contributed by atoms with E-state index in [1.165, 1.54) is 0 Å². The number of pyridine rings is 1. The summed E-state index contributed by atoms with van der Waals surface area (Å²) in [6.07, 6.45) is 0. The summed E-state index contributed by atoms with van der Waals surface area (Å²) in [5.41, 5.74) is 8.76. The van der Waals surface area contributed by atoms with Crippen LogP contribution in [0.5, 0.6) is 5.88 Å². The zero-order valence-corrected chi connectivity index (χ0v) is 7.72. The van der Waals surface area contributed by atoms with Gasteiger partial charge in [-0.25, -0.2) is 4.98 Å². The molecule has 0 saturated heterocycles. The average Bonchev–Trinajstić information content (AvgIpc) is 2.03. The smallest absolute Gasteiger partial charge is 0.213 e. The normalized spacial score (nSPS) is 10.0. The Labute approximate surface area is 72.6 Å². The van der Waals surface area contributed by atoms with Gasteiger partial charge in [0.05, 0.1) is 7.11 Å². The lowest BCUT2D eigenvalue weighted by atomic mass is 10.1. The number of hydrogen-bond acceptors (Lipinski definition) is 3. The molecule has 0 aliphatic rings. The minimum Gasteiger partial charge on any atom is -0.481 e. The van der Waals surface area contributed by atoms with Gasteiger partial charge in [-0.05, 0) is 25.0 Å². The van der Waals surface area contributed by atoms with Gasteiger partial charge in [-0.3, -0.25) is 0 Å². The number of nitrogens with two attached hydrogens (primary N) is 1. The Morgan fingerprint density at radius 2 is 2.17 bits per heavy atom. The Morgan fingerprint density at radius 1 is 1.50 bits per heavy atom. The Morgan fingerprint density at radius 3 is 2.58 bits per heavy atom. The largest absolute Gasteiger partial charge is 0.481 e. The second-order valence-corrected chi connectivity index (χ2v) is 2.75. The van der Waals surface area contributed by atoms with E-state index in [2.05, 4.69) is 4.98 Å². The highest BCUT2D eigenvalue weighted by Gasteiger charge is 2.04. The van der Waals surface area contributed by atoms with E-state index in [4.69, 9.17) is 10.5 Å². The van der Waals surface area contributed by atoms with Crippen molar-refractivity contribution in [2.45, 2.75) is 20.4 Å². The quantitative estimate of drug-likeness (QED) is 0.717. The van der Waals surface area contributed by atoms with Crippen molar-refractivity contribution in [3.63, 3.8) is 0 Å². The first-order valence-electron chi connectivity index (χ1n) is 3.90. The van der Waals surface area contributed by atoms with Crippen molar-refractivity contribution in [1.29, 1.82) is 0 Å². The van der Waals surface area contributed by atoms with E-state index < -0.39 is 0 Å². The molecule has 1 rings (SSSR count). The summed E-state index contributed by atoms with van der Waals surface area (Å²) in [6.45, 7) is 4.49. The Bertz CT molecular complexity index is 261. The van der Waals surface area contributed by atoms with Gasteiger partial charge in [0.2, 0.25) is 5.88 Å². The van der Waals surface area contributed by atoms with E-state index >= 15 is 0 Å². The van der Waals surface area contributed by atoms with Gasteiger partial charge < -0.3 is 10.5 Å². The number of ether oxygens (including phenoxy) is 1. The van der Waals surface area contributed by atoms with Crippen molar-refractivity contribution in [3.05, 3.63) is 22.9 Å². The summed E-state index contributed by atoms with van der Waals surface area (Å²) in [4.78, 5) is 4.22. The number of hydrogen-bond donors (Lipinski definition) is 1. The molecule has 0 aliphatic heterocycles. The summed E-state index contributed by atoms with van der Waals surface area (Å²) >= 11 is 0. The predicted molar refractivity (Wildman–Crippen MR) is 48.2 cm³/mol. The molecule has 12 heavy (non-hydrogen) atoms. The predicted octanol–water partition coefficient (Wildman–Crippen LogP) is 1.17. The van der Waals surface area contributed by atoms with Gasteiger partial charge in [-0.2, -0.15) is 0 Å². The SMILES string of the molecule is COc1cc(C)c(CN)c(C)n1. The van der Waals surface area contributed by atoms with E-state index in [1.807, 2.05) is 19.9 Å². The summed E-state index contributed by atoms with van der Waals surface area (Å²) in [5, 5.41) is 0. The molecule has 66 valence electrons. The van der Waals surface area contributed by atoms with Gasteiger partial charge in [-0.15, -0.1) is 0 Å². The Hall–Kier alpha value is -1.09. The monoisotopic (exact) mass is 166 g/mol. The molecule has 1 aromatic rings. The standard InChI is InChI=1S/C9H14N2O/c1-6-4-9(12-3)11-7(2)8(6)5-10/h4H,5,10H2,1-3H3. The van der Waals surface area contributed by atoms with Crippen LogP contribution in [-0.4, -0.2) is 12.1 Å². The van der Waals surface area contributed by atoms with Gasteiger partial charge in [0.25, 0.3) is 0 Å². The van der Waals surface area contributed by atoms with Crippen molar-refractivity contribution in [1.82, 2.24) is 4.98 Å². The molecule has 0 unspecified atom stereocenters. The lowest BCUT2D eigenvalue weighted by molar-refractivity contribution is 0.396. The molecule has 3 heteroatoms. The van der Waals surface area contributed by atoms with Crippen LogP contribution in [0, 0.1) is 13.8 Å². The van der Waals surface area contributed by atoms with E-state index in [0.717, 1.165) is 16.8 Å². The van der Waals surface area contributed by atoms with E-state index in [1.54, 1.807) is 7.11 Å². The molecule has 2 N–H and O–H groups in total. The van der Waals surface area contributed by atoms with Crippen molar-refractivity contribution in [3.8, 4) is 5.88 Å². The zero-order valence-electron chi connectivity index (χ0n) is 7.72. The molecule has 0 atom stereocenters. The summed E-state index contributed by atoms with van der Waals surface area (Å²) in [5.74, 6) is 0.655. The average molecular weight is 166 g/mol. The summed E-state index contributed by atoms with van der Waals surface area (Å²) in [7, 11) is 1.61. The minimum absolute atomic E-state index is 0.536. The highest BCUT2D eigenvalue weighted by Crippen LogP contribution is 2.16. The molecular formula is C9H14N2O. The Balaban J connectivity index is 3.18. The maximum atomic E-state index is 5.56. The van der Waals surface area contributed by atoms with Crippen LogP contribution in [0.4, 0.5) is 0 Å². The molecule has 0 radical (unpaired) electrons. The van der Waals surface area contributed by atoms with E-state index in [0.29, 0.717) is 12.4 Å². The molecule has 0 aromatic carbocycles. The van der Waals surface area contributed by atoms with Crippen LogP contribution in [-0.2, 0) is 6.54 Å². The fourth-order valence-corrected chi connectivity index (χ4v) is 1.24. The van der Waals surface area contributed by atoms with Crippen molar-refractivity contribution < 1.29 is 4.74 Å². The van der Waals surface area contributed by atoms with Crippen LogP contribution in [0.15, 0.2) is 6.07 Å². The van der Waals surface area contributed by atoms with E-state index in [9.17, 15) is 0 Å². The van der Waals surface area contributed by atoms with Crippen LogP contribution in [0.3, 0.4) is 0 Å². The van der Waals surface area contributed by atoms with Crippen LogP contribution in [0.25, 0.3) is 0 Å². The van der Waals surface area contributed by atoms with Crippen LogP contribution in [0.1, 0.15) is 16.8 Å². The maximum absolute atomic E-state index is 5.56. The molecule has 0 bridgehead atoms. The first-order valence-corrected chi connectivity index (χ1v) is 3.90. The van der Waals surface area contributed by atoms with E-state index in [-0.39, 0.29) is 0 Å². The second kappa shape index (κ2) is 3.54. The van der Waals surface area contributed by atoms with Crippen molar-refractivity contribution in [2.24, 2.45) is 5.73 Å². The second-order valence-electron chi connectivity index (χ2n) is 2.75.